The Morgan fingerprint density at radius 1 is 1.26 bits per heavy atom. The summed E-state index contributed by atoms with van der Waals surface area (Å²) in [5.41, 5.74) is 1.24. The van der Waals surface area contributed by atoms with Gasteiger partial charge in [-0.05, 0) is 31.0 Å². The number of benzene rings is 1. The van der Waals surface area contributed by atoms with Crippen LogP contribution in [0.5, 0.6) is 5.75 Å². The second-order valence-corrected chi connectivity index (χ2v) is 5.38. The van der Waals surface area contributed by atoms with E-state index in [-0.39, 0.29) is 0 Å². The molecule has 1 aromatic rings. The summed E-state index contributed by atoms with van der Waals surface area (Å²) in [4.78, 5) is 2.44. The summed E-state index contributed by atoms with van der Waals surface area (Å²) in [5.74, 6) is 1.64. The van der Waals surface area contributed by atoms with E-state index in [1.54, 1.807) is 0 Å². The lowest BCUT2D eigenvalue weighted by Gasteiger charge is -2.25. The number of ether oxygens (including phenoxy) is 1. The van der Waals surface area contributed by atoms with Crippen LogP contribution in [0.4, 0.5) is 5.69 Å². The molecule has 1 fully saturated rings. The van der Waals surface area contributed by atoms with Crippen molar-refractivity contribution in [3.05, 3.63) is 24.3 Å². The summed E-state index contributed by atoms with van der Waals surface area (Å²) >= 11 is 0. The third-order valence-electron chi connectivity index (χ3n) is 3.77. The Labute approximate surface area is 116 Å². The van der Waals surface area contributed by atoms with E-state index in [1.807, 2.05) is 0 Å². The first-order chi connectivity index (χ1) is 9.31. The Morgan fingerprint density at radius 2 is 2.11 bits per heavy atom. The lowest BCUT2D eigenvalue weighted by molar-refractivity contribution is 0.257. The molecule has 1 aliphatic heterocycles. The molecule has 0 aromatic heterocycles. The third kappa shape index (κ3) is 4.13. The number of rotatable bonds is 5. The Kier molecular flexibility index (Phi) is 5.52. The minimum Gasteiger partial charge on any atom is -0.491 e. The van der Waals surface area contributed by atoms with Gasteiger partial charge in [-0.1, -0.05) is 32.4 Å². The zero-order chi connectivity index (χ0) is 13.5. The van der Waals surface area contributed by atoms with E-state index in [0.29, 0.717) is 5.92 Å². The quantitative estimate of drug-likeness (QED) is 0.883. The van der Waals surface area contributed by atoms with Crippen molar-refractivity contribution >= 4 is 5.69 Å². The number of nitrogens with zero attached hydrogens (tertiary/aromatic N) is 1. The van der Waals surface area contributed by atoms with Crippen LogP contribution in [-0.2, 0) is 0 Å². The number of para-hydroxylation sites is 2. The molecule has 0 aliphatic carbocycles. The number of hydrogen-bond donors (Lipinski definition) is 1. The SMILES string of the molecule is CCC(C)COc1ccccc1N1CCCNCC1. The van der Waals surface area contributed by atoms with Crippen LogP contribution in [0.3, 0.4) is 0 Å². The van der Waals surface area contributed by atoms with Crippen molar-refractivity contribution < 1.29 is 4.74 Å². The highest BCUT2D eigenvalue weighted by Crippen LogP contribution is 2.28. The van der Waals surface area contributed by atoms with Gasteiger partial charge in [0.25, 0.3) is 0 Å². The van der Waals surface area contributed by atoms with Gasteiger partial charge >= 0.3 is 0 Å². The van der Waals surface area contributed by atoms with E-state index in [4.69, 9.17) is 4.74 Å². The van der Waals surface area contributed by atoms with E-state index in [9.17, 15) is 0 Å². The lowest BCUT2D eigenvalue weighted by atomic mass is 10.1. The van der Waals surface area contributed by atoms with Gasteiger partial charge in [0.15, 0.2) is 0 Å². The van der Waals surface area contributed by atoms with Crippen LogP contribution >= 0.6 is 0 Å². The first-order valence-corrected chi connectivity index (χ1v) is 7.48. The van der Waals surface area contributed by atoms with E-state index >= 15 is 0 Å². The van der Waals surface area contributed by atoms with Crippen molar-refractivity contribution in [3.8, 4) is 5.75 Å². The van der Waals surface area contributed by atoms with E-state index in [2.05, 4.69) is 48.3 Å². The third-order valence-corrected chi connectivity index (χ3v) is 3.77. The maximum absolute atomic E-state index is 6.02. The number of nitrogens with one attached hydrogen (secondary N) is 1. The molecule has 0 bridgehead atoms. The zero-order valence-electron chi connectivity index (χ0n) is 12.2. The van der Waals surface area contributed by atoms with Gasteiger partial charge in [0, 0.05) is 19.6 Å². The molecular weight excluding hydrogens is 236 g/mol. The first kappa shape index (κ1) is 14.2. The van der Waals surface area contributed by atoms with Gasteiger partial charge in [-0.2, -0.15) is 0 Å². The fourth-order valence-electron chi connectivity index (χ4n) is 2.28. The molecule has 19 heavy (non-hydrogen) atoms. The van der Waals surface area contributed by atoms with Crippen molar-refractivity contribution in [2.24, 2.45) is 5.92 Å². The molecule has 1 aliphatic rings. The molecule has 3 heteroatoms. The fraction of sp³-hybridized carbons (Fsp3) is 0.625. The van der Waals surface area contributed by atoms with Crippen LogP contribution < -0.4 is 15.0 Å². The van der Waals surface area contributed by atoms with Gasteiger partial charge in [0.05, 0.1) is 12.3 Å². The minimum absolute atomic E-state index is 0.610. The summed E-state index contributed by atoms with van der Waals surface area (Å²) in [5, 5.41) is 3.44. The number of hydrogen-bond acceptors (Lipinski definition) is 3. The van der Waals surface area contributed by atoms with Gasteiger partial charge in [-0.25, -0.2) is 0 Å². The molecule has 1 aromatic carbocycles. The van der Waals surface area contributed by atoms with E-state index in [0.717, 1.165) is 45.0 Å². The van der Waals surface area contributed by atoms with Gasteiger partial charge < -0.3 is 15.0 Å². The van der Waals surface area contributed by atoms with Gasteiger partial charge in [-0.15, -0.1) is 0 Å². The first-order valence-electron chi connectivity index (χ1n) is 7.48. The molecular formula is C16H26N2O. The highest BCUT2D eigenvalue weighted by Gasteiger charge is 2.14. The molecule has 1 atom stereocenters. The lowest BCUT2D eigenvalue weighted by Crippen LogP contribution is -2.28. The summed E-state index contributed by atoms with van der Waals surface area (Å²) in [7, 11) is 0. The topological polar surface area (TPSA) is 24.5 Å². The maximum Gasteiger partial charge on any atom is 0.142 e. The Balaban J connectivity index is 2.06. The predicted octanol–water partition coefficient (Wildman–Crippen LogP) is 2.91. The Morgan fingerprint density at radius 3 is 2.95 bits per heavy atom. The molecule has 106 valence electrons. The standard InChI is InChI=1S/C16H26N2O/c1-3-14(2)13-19-16-8-5-4-7-15(16)18-11-6-9-17-10-12-18/h4-5,7-8,14,17H,3,6,9-13H2,1-2H3. The molecule has 1 unspecified atom stereocenters. The maximum atomic E-state index is 6.02. The van der Waals surface area contributed by atoms with Crippen LogP contribution in [0.2, 0.25) is 0 Å². The van der Waals surface area contributed by atoms with Crippen molar-refractivity contribution in [1.29, 1.82) is 0 Å². The molecule has 1 saturated heterocycles. The minimum atomic E-state index is 0.610. The molecule has 0 spiro atoms. The second-order valence-electron chi connectivity index (χ2n) is 5.38. The Hall–Kier alpha value is -1.22. The predicted molar refractivity (Wildman–Crippen MR) is 81.1 cm³/mol. The van der Waals surface area contributed by atoms with E-state index < -0.39 is 0 Å². The molecule has 1 heterocycles. The van der Waals surface area contributed by atoms with Crippen LogP contribution in [0.1, 0.15) is 26.7 Å². The molecule has 0 amide bonds. The van der Waals surface area contributed by atoms with Crippen LogP contribution in [0.25, 0.3) is 0 Å². The highest BCUT2D eigenvalue weighted by molar-refractivity contribution is 5.58. The van der Waals surface area contributed by atoms with Crippen molar-refractivity contribution in [3.63, 3.8) is 0 Å². The summed E-state index contributed by atoms with van der Waals surface area (Å²) in [6.07, 6.45) is 2.36. The van der Waals surface area contributed by atoms with Crippen LogP contribution in [0.15, 0.2) is 24.3 Å². The molecule has 3 nitrogen and oxygen atoms in total. The highest BCUT2D eigenvalue weighted by atomic mass is 16.5. The van der Waals surface area contributed by atoms with Crippen molar-refractivity contribution in [2.75, 3.05) is 37.7 Å². The van der Waals surface area contributed by atoms with E-state index in [1.165, 1.54) is 12.1 Å². The summed E-state index contributed by atoms with van der Waals surface area (Å²) < 4.78 is 6.02. The van der Waals surface area contributed by atoms with Gasteiger partial charge in [0.2, 0.25) is 0 Å². The fourth-order valence-corrected chi connectivity index (χ4v) is 2.28. The molecule has 0 radical (unpaired) electrons. The van der Waals surface area contributed by atoms with Crippen LogP contribution in [0, 0.1) is 5.92 Å². The largest absolute Gasteiger partial charge is 0.491 e. The van der Waals surface area contributed by atoms with Crippen molar-refractivity contribution in [2.45, 2.75) is 26.7 Å². The molecule has 2 rings (SSSR count). The van der Waals surface area contributed by atoms with Gasteiger partial charge in [-0.3, -0.25) is 0 Å². The van der Waals surface area contributed by atoms with Gasteiger partial charge in [0.1, 0.15) is 5.75 Å². The summed E-state index contributed by atoms with van der Waals surface area (Å²) in [6, 6.07) is 8.43. The Bertz CT molecular complexity index is 373. The monoisotopic (exact) mass is 262 g/mol. The average Bonchev–Trinajstić information content (AvgIpc) is 2.74. The summed E-state index contributed by atoms with van der Waals surface area (Å²) in [6.45, 7) is 9.59. The molecule has 1 N–H and O–H groups in total. The average molecular weight is 262 g/mol. The normalized spacial score (nSPS) is 17.9. The second kappa shape index (κ2) is 7.39. The number of anilines is 1. The molecule has 0 saturated carbocycles. The smallest absolute Gasteiger partial charge is 0.142 e. The van der Waals surface area contributed by atoms with Crippen molar-refractivity contribution in [1.82, 2.24) is 5.32 Å². The van der Waals surface area contributed by atoms with Crippen LogP contribution in [-0.4, -0.2) is 32.8 Å². The zero-order valence-corrected chi connectivity index (χ0v) is 12.2.